The van der Waals surface area contributed by atoms with Gasteiger partial charge < -0.3 is 14.5 Å². The Kier molecular flexibility index (Phi) is 4.36. The zero-order valence-corrected chi connectivity index (χ0v) is 12.2. The number of aryl methyl sites for hydroxylation is 1. The first-order valence-corrected chi connectivity index (χ1v) is 7.35. The number of hydrogen-bond acceptors (Lipinski definition) is 3. The van der Waals surface area contributed by atoms with Gasteiger partial charge in [0.15, 0.2) is 0 Å². The summed E-state index contributed by atoms with van der Waals surface area (Å²) in [5.41, 5.74) is 1.60. The summed E-state index contributed by atoms with van der Waals surface area (Å²) in [5, 5.41) is 3.42. The van der Waals surface area contributed by atoms with Gasteiger partial charge in [-0.25, -0.2) is 4.39 Å². The molecule has 0 spiro atoms. The fourth-order valence-corrected chi connectivity index (χ4v) is 2.24. The van der Waals surface area contributed by atoms with Crippen LogP contribution in [0.4, 0.5) is 4.39 Å². The topological polar surface area (TPSA) is 34.4 Å². The van der Waals surface area contributed by atoms with Gasteiger partial charge in [0.05, 0.1) is 19.8 Å². The molecule has 0 amide bonds. The molecule has 1 fully saturated rings. The molecule has 1 saturated carbocycles. The van der Waals surface area contributed by atoms with Gasteiger partial charge >= 0.3 is 0 Å². The molecule has 1 heterocycles. The Morgan fingerprint density at radius 2 is 2.00 bits per heavy atom. The Morgan fingerprint density at radius 1 is 1.24 bits per heavy atom. The molecule has 4 heteroatoms. The quantitative estimate of drug-likeness (QED) is 0.844. The van der Waals surface area contributed by atoms with Crippen molar-refractivity contribution >= 4 is 0 Å². The Hall–Kier alpha value is -1.65. The molecule has 1 aliphatic carbocycles. The van der Waals surface area contributed by atoms with Crippen molar-refractivity contribution in [2.75, 3.05) is 0 Å². The predicted molar refractivity (Wildman–Crippen MR) is 78.2 cm³/mol. The summed E-state index contributed by atoms with van der Waals surface area (Å²) in [6, 6.07) is 9.36. The molecule has 1 aromatic carbocycles. The molecule has 112 valence electrons. The SMILES string of the molecule is Cc1oc(CNC2CC2)cc1COCc1ccccc1F. The average molecular weight is 289 g/mol. The largest absolute Gasteiger partial charge is 0.465 e. The van der Waals surface area contributed by atoms with Crippen LogP contribution >= 0.6 is 0 Å². The van der Waals surface area contributed by atoms with Gasteiger partial charge in [-0.15, -0.1) is 0 Å². The molecule has 3 nitrogen and oxygen atoms in total. The highest BCUT2D eigenvalue weighted by atomic mass is 19.1. The van der Waals surface area contributed by atoms with Crippen molar-refractivity contribution in [3.05, 3.63) is 58.8 Å². The second-order valence-electron chi connectivity index (χ2n) is 5.53. The van der Waals surface area contributed by atoms with Crippen molar-refractivity contribution in [2.24, 2.45) is 0 Å². The van der Waals surface area contributed by atoms with Crippen molar-refractivity contribution < 1.29 is 13.5 Å². The third-order valence-electron chi connectivity index (χ3n) is 3.69. The van der Waals surface area contributed by atoms with Crippen molar-refractivity contribution in [1.29, 1.82) is 0 Å². The summed E-state index contributed by atoms with van der Waals surface area (Å²) in [5.74, 6) is 1.58. The van der Waals surface area contributed by atoms with Gasteiger partial charge in [-0.05, 0) is 31.9 Å². The van der Waals surface area contributed by atoms with Crippen LogP contribution in [0.25, 0.3) is 0 Å². The van der Waals surface area contributed by atoms with Crippen molar-refractivity contribution in [1.82, 2.24) is 5.32 Å². The number of nitrogens with one attached hydrogen (secondary N) is 1. The summed E-state index contributed by atoms with van der Waals surface area (Å²) < 4.78 is 24.8. The molecule has 0 unspecified atom stereocenters. The summed E-state index contributed by atoms with van der Waals surface area (Å²) in [4.78, 5) is 0. The van der Waals surface area contributed by atoms with Crippen LogP contribution in [0.15, 0.2) is 34.7 Å². The highest BCUT2D eigenvalue weighted by Crippen LogP contribution is 2.21. The standard InChI is InChI=1S/C17H20FNO2/c1-12-14(8-16(21-12)9-19-15-6-7-15)11-20-10-13-4-2-3-5-17(13)18/h2-5,8,15,19H,6-7,9-11H2,1H3. The zero-order chi connectivity index (χ0) is 14.7. The van der Waals surface area contributed by atoms with E-state index in [0.717, 1.165) is 23.6 Å². The molecule has 0 saturated heterocycles. The monoisotopic (exact) mass is 289 g/mol. The lowest BCUT2D eigenvalue weighted by molar-refractivity contribution is 0.104. The number of halogens is 1. The summed E-state index contributed by atoms with van der Waals surface area (Å²) in [6.45, 7) is 3.40. The maximum Gasteiger partial charge on any atom is 0.128 e. The number of furan rings is 1. The zero-order valence-electron chi connectivity index (χ0n) is 12.2. The molecule has 3 rings (SSSR count). The Balaban J connectivity index is 1.51. The Labute approximate surface area is 124 Å². The van der Waals surface area contributed by atoms with E-state index in [1.165, 1.54) is 18.9 Å². The second kappa shape index (κ2) is 6.41. The van der Waals surface area contributed by atoms with E-state index in [0.29, 0.717) is 18.2 Å². The number of benzene rings is 1. The lowest BCUT2D eigenvalue weighted by Crippen LogP contribution is -2.14. The summed E-state index contributed by atoms with van der Waals surface area (Å²) in [7, 11) is 0. The van der Waals surface area contributed by atoms with Gasteiger partial charge in [-0.2, -0.15) is 0 Å². The molecular formula is C17H20FNO2. The molecule has 2 aromatic rings. The van der Waals surface area contributed by atoms with Crippen molar-refractivity contribution in [2.45, 2.75) is 45.6 Å². The lowest BCUT2D eigenvalue weighted by atomic mass is 10.2. The van der Waals surface area contributed by atoms with E-state index in [9.17, 15) is 4.39 Å². The third kappa shape index (κ3) is 3.93. The van der Waals surface area contributed by atoms with Crippen LogP contribution in [0, 0.1) is 12.7 Å². The lowest BCUT2D eigenvalue weighted by Gasteiger charge is -2.04. The van der Waals surface area contributed by atoms with Gasteiger partial charge in [0, 0.05) is 17.2 Å². The third-order valence-corrected chi connectivity index (χ3v) is 3.69. The average Bonchev–Trinajstić information content (AvgIpc) is 3.23. The highest BCUT2D eigenvalue weighted by Gasteiger charge is 2.20. The molecule has 21 heavy (non-hydrogen) atoms. The molecule has 0 aliphatic heterocycles. The number of ether oxygens (including phenoxy) is 1. The van der Waals surface area contributed by atoms with E-state index in [1.54, 1.807) is 12.1 Å². The maximum absolute atomic E-state index is 13.5. The maximum atomic E-state index is 13.5. The highest BCUT2D eigenvalue weighted by molar-refractivity contribution is 5.20. The van der Waals surface area contributed by atoms with E-state index >= 15 is 0 Å². The number of hydrogen-bond donors (Lipinski definition) is 1. The van der Waals surface area contributed by atoms with Crippen LogP contribution in [0.5, 0.6) is 0 Å². The van der Waals surface area contributed by atoms with E-state index in [2.05, 4.69) is 5.32 Å². The molecule has 1 aliphatic rings. The van der Waals surface area contributed by atoms with Gasteiger partial charge in [0.1, 0.15) is 17.3 Å². The minimum absolute atomic E-state index is 0.226. The first-order valence-electron chi connectivity index (χ1n) is 7.35. The Bertz CT molecular complexity index is 605. The van der Waals surface area contributed by atoms with Crippen molar-refractivity contribution in [3.8, 4) is 0 Å². The van der Waals surface area contributed by atoms with Crippen LogP contribution in [-0.4, -0.2) is 6.04 Å². The summed E-state index contributed by atoms with van der Waals surface area (Å²) >= 11 is 0. The normalized spacial score (nSPS) is 14.6. The molecule has 1 N–H and O–H groups in total. The van der Waals surface area contributed by atoms with Gasteiger partial charge in [0.25, 0.3) is 0 Å². The molecular weight excluding hydrogens is 269 g/mol. The van der Waals surface area contributed by atoms with E-state index < -0.39 is 0 Å². The fourth-order valence-electron chi connectivity index (χ4n) is 2.24. The van der Waals surface area contributed by atoms with E-state index in [-0.39, 0.29) is 12.4 Å². The van der Waals surface area contributed by atoms with Crippen LogP contribution in [0.2, 0.25) is 0 Å². The Morgan fingerprint density at radius 3 is 2.76 bits per heavy atom. The number of rotatable bonds is 7. The van der Waals surface area contributed by atoms with Gasteiger partial charge in [-0.3, -0.25) is 0 Å². The van der Waals surface area contributed by atoms with Crippen LogP contribution < -0.4 is 5.32 Å². The van der Waals surface area contributed by atoms with Crippen LogP contribution in [0.1, 0.15) is 35.5 Å². The first-order chi connectivity index (χ1) is 10.2. The first kappa shape index (κ1) is 14.3. The predicted octanol–water partition coefficient (Wildman–Crippen LogP) is 3.70. The van der Waals surface area contributed by atoms with Gasteiger partial charge in [0.2, 0.25) is 0 Å². The smallest absolute Gasteiger partial charge is 0.128 e. The van der Waals surface area contributed by atoms with E-state index in [1.807, 2.05) is 19.1 Å². The van der Waals surface area contributed by atoms with Crippen LogP contribution in [-0.2, 0) is 24.5 Å². The minimum atomic E-state index is -0.226. The minimum Gasteiger partial charge on any atom is -0.465 e. The van der Waals surface area contributed by atoms with Crippen molar-refractivity contribution in [3.63, 3.8) is 0 Å². The van der Waals surface area contributed by atoms with Gasteiger partial charge in [-0.1, -0.05) is 18.2 Å². The molecule has 0 bridgehead atoms. The summed E-state index contributed by atoms with van der Waals surface area (Å²) in [6.07, 6.45) is 2.52. The fraction of sp³-hybridized carbons (Fsp3) is 0.412. The molecule has 0 radical (unpaired) electrons. The van der Waals surface area contributed by atoms with Crippen LogP contribution in [0.3, 0.4) is 0 Å². The molecule has 1 aromatic heterocycles. The second-order valence-corrected chi connectivity index (χ2v) is 5.53. The van der Waals surface area contributed by atoms with E-state index in [4.69, 9.17) is 9.15 Å². The molecule has 0 atom stereocenters.